The van der Waals surface area contributed by atoms with Gasteiger partial charge in [-0.15, -0.1) is 0 Å². The van der Waals surface area contributed by atoms with Crippen LogP contribution in [0.5, 0.6) is 0 Å². The molecule has 0 radical (unpaired) electrons. The first-order valence-electron chi connectivity index (χ1n) is 7.03. The van der Waals surface area contributed by atoms with Crippen LogP contribution in [0.2, 0.25) is 6.04 Å². The van der Waals surface area contributed by atoms with Gasteiger partial charge in [0.05, 0.1) is 6.07 Å². The number of nitriles is 1. The van der Waals surface area contributed by atoms with E-state index in [0.29, 0.717) is 26.2 Å². The van der Waals surface area contributed by atoms with Gasteiger partial charge in [-0.1, -0.05) is 20.8 Å². The number of rotatable bonds is 12. The highest BCUT2D eigenvalue weighted by molar-refractivity contribution is 6.60. The number of hydrogen-bond acceptors (Lipinski definition) is 4. The maximum Gasteiger partial charge on any atom is 0.500 e. The van der Waals surface area contributed by atoms with Gasteiger partial charge in [-0.05, 0) is 25.7 Å². The van der Waals surface area contributed by atoms with Crippen molar-refractivity contribution in [3.8, 4) is 6.07 Å². The molecule has 18 heavy (non-hydrogen) atoms. The summed E-state index contributed by atoms with van der Waals surface area (Å²) in [6, 6.07) is 2.91. The molecule has 0 saturated heterocycles. The molecule has 0 aromatic rings. The predicted octanol–water partition coefficient (Wildman–Crippen LogP) is 3.51. The lowest BCUT2D eigenvalue weighted by Gasteiger charge is -2.29. The van der Waals surface area contributed by atoms with Gasteiger partial charge in [-0.25, -0.2) is 0 Å². The zero-order valence-electron chi connectivity index (χ0n) is 12.0. The summed E-state index contributed by atoms with van der Waals surface area (Å²) in [6.07, 6.45) is 4.20. The Hall–Kier alpha value is -0.413. The Bertz CT molecular complexity index is 209. The van der Waals surface area contributed by atoms with E-state index in [1.165, 1.54) is 0 Å². The molecular weight excluding hydrogens is 246 g/mol. The molecule has 4 nitrogen and oxygen atoms in total. The molecule has 0 N–H and O–H groups in total. The van der Waals surface area contributed by atoms with Crippen molar-refractivity contribution >= 4 is 8.80 Å². The second-order valence-electron chi connectivity index (χ2n) is 4.24. The third-order valence-corrected chi connectivity index (χ3v) is 5.25. The van der Waals surface area contributed by atoms with Gasteiger partial charge in [-0.3, -0.25) is 0 Å². The molecule has 0 heterocycles. The van der Waals surface area contributed by atoms with Crippen molar-refractivity contribution in [3.05, 3.63) is 0 Å². The molecule has 0 bridgehead atoms. The molecule has 0 aliphatic rings. The molecule has 0 aromatic carbocycles. The highest BCUT2D eigenvalue weighted by Crippen LogP contribution is 2.20. The first-order chi connectivity index (χ1) is 8.74. The van der Waals surface area contributed by atoms with Gasteiger partial charge in [0.1, 0.15) is 0 Å². The van der Waals surface area contributed by atoms with E-state index >= 15 is 0 Å². The molecular formula is C13H27NO3Si. The fraction of sp³-hybridized carbons (Fsp3) is 0.923. The van der Waals surface area contributed by atoms with E-state index in [4.69, 9.17) is 18.5 Å². The lowest BCUT2D eigenvalue weighted by Crippen LogP contribution is -2.46. The van der Waals surface area contributed by atoms with E-state index in [1.807, 2.05) is 0 Å². The fourth-order valence-electron chi connectivity index (χ4n) is 1.50. The van der Waals surface area contributed by atoms with Crippen molar-refractivity contribution in [2.45, 2.75) is 58.9 Å². The molecule has 0 unspecified atom stereocenters. The molecule has 0 aliphatic carbocycles. The number of unbranched alkanes of at least 4 members (excludes halogenated alkanes) is 1. The van der Waals surface area contributed by atoms with Crippen LogP contribution in [-0.4, -0.2) is 28.6 Å². The molecule has 0 atom stereocenters. The average Bonchev–Trinajstić information content (AvgIpc) is 2.40. The molecule has 0 rings (SSSR count). The second kappa shape index (κ2) is 11.7. The Kier molecular flexibility index (Phi) is 11.4. The van der Waals surface area contributed by atoms with Crippen LogP contribution in [0, 0.1) is 11.3 Å². The molecule has 0 fully saturated rings. The monoisotopic (exact) mass is 273 g/mol. The minimum atomic E-state index is -2.55. The Morgan fingerprint density at radius 3 is 1.67 bits per heavy atom. The summed E-state index contributed by atoms with van der Waals surface area (Å²) in [6.45, 7) is 8.25. The summed E-state index contributed by atoms with van der Waals surface area (Å²) in [5, 5.41) is 8.63. The average molecular weight is 273 g/mol. The maximum atomic E-state index is 8.63. The first kappa shape index (κ1) is 17.6. The highest BCUT2D eigenvalue weighted by Gasteiger charge is 2.40. The summed E-state index contributed by atoms with van der Waals surface area (Å²) in [5.41, 5.74) is 0. The Labute approximate surface area is 113 Å². The SMILES string of the molecule is CCCO[Si](CCCC#N)(OCCC)OCCC. The van der Waals surface area contributed by atoms with Crippen LogP contribution < -0.4 is 0 Å². The molecule has 0 amide bonds. The fourth-order valence-corrected chi connectivity index (χ4v) is 4.34. The zero-order valence-corrected chi connectivity index (χ0v) is 13.0. The molecule has 5 heteroatoms. The largest absolute Gasteiger partial charge is 0.500 e. The highest BCUT2D eigenvalue weighted by atomic mass is 28.4. The minimum Gasteiger partial charge on any atom is -0.373 e. The van der Waals surface area contributed by atoms with Gasteiger partial charge < -0.3 is 13.3 Å². The van der Waals surface area contributed by atoms with Crippen molar-refractivity contribution in [1.82, 2.24) is 0 Å². The third-order valence-electron chi connectivity index (χ3n) is 2.35. The van der Waals surface area contributed by atoms with E-state index in [9.17, 15) is 0 Å². The normalized spacial score (nSPS) is 11.4. The van der Waals surface area contributed by atoms with Crippen molar-refractivity contribution in [1.29, 1.82) is 5.26 Å². The number of nitrogens with zero attached hydrogens (tertiary/aromatic N) is 1. The van der Waals surface area contributed by atoms with Gasteiger partial charge in [0.15, 0.2) is 0 Å². The van der Waals surface area contributed by atoms with Crippen molar-refractivity contribution in [3.63, 3.8) is 0 Å². The Morgan fingerprint density at radius 1 is 0.889 bits per heavy atom. The van der Waals surface area contributed by atoms with Gasteiger partial charge in [0.2, 0.25) is 0 Å². The van der Waals surface area contributed by atoms with Crippen molar-refractivity contribution in [2.75, 3.05) is 19.8 Å². The maximum absolute atomic E-state index is 8.63. The second-order valence-corrected chi connectivity index (χ2v) is 6.97. The minimum absolute atomic E-state index is 0.537. The first-order valence-corrected chi connectivity index (χ1v) is 8.96. The Balaban J connectivity index is 4.46. The van der Waals surface area contributed by atoms with E-state index in [-0.39, 0.29) is 0 Å². The summed E-state index contributed by atoms with van der Waals surface area (Å²) in [7, 11) is -2.55. The van der Waals surface area contributed by atoms with Crippen LogP contribution in [-0.2, 0) is 13.3 Å². The van der Waals surface area contributed by atoms with Gasteiger partial charge in [0.25, 0.3) is 0 Å². The smallest absolute Gasteiger partial charge is 0.373 e. The molecule has 0 saturated carbocycles. The lowest BCUT2D eigenvalue weighted by atomic mass is 10.4. The predicted molar refractivity (Wildman–Crippen MR) is 74.1 cm³/mol. The van der Waals surface area contributed by atoms with Crippen LogP contribution in [0.4, 0.5) is 0 Å². The van der Waals surface area contributed by atoms with Gasteiger partial charge in [0, 0.05) is 32.3 Å². The standard InChI is InChI=1S/C13H27NO3Si/c1-4-10-15-18(16-11-5-2,17-12-6-3)13-8-7-9-14/h4-8,10-13H2,1-3H3. The third kappa shape index (κ3) is 7.83. The summed E-state index contributed by atoms with van der Waals surface area (Å²) in [5.74, 6) is 0. The van der Waals surface area contributed by atoms with Crippen LogP contribution >= 0.6 is 0 Å². The quantitative estimate of drug-likeness (QED) is 0.403. The van der Waals surface area contributed by atoms with E-state index in [1.54, 1.807) is 0 Å². The Morgan fingerprint density at radius 2 is 1.33 bits per heavy atom. The molecule has 0 spiro atoms. The topological polar surface area (TPSA) is 51.5 Å². The van der Waals surface area contributed by atoms with Crippen molar-refractivity contribution < 1.29 is 13.3 Å². The summed E-state index contributed by atoms with van der Waals surface area (Å²) < 4.78 is 17.7. The van der Waals surface area contributed by atoms with Gasteiger partial charge in [-0.2, -0.15) is 5.26 Å². The van der Waals surface area contributed by atoms with E-state index < -0.39 is 8.80 Å². The van der Waals surface area contributed by atoms with Crippen LogP contribution in [0.1, 0.15) is 52.9 Å². The van der Waals surface area contributed by atoms with E-state index in [0.717, 1.165) is 31.7 Å². The van der Waals surface area contributed by atoms with Crippen LogP contribution in [0.15, 0.2) is 0 Å². The van der Waals surface area contributed by atoms with Crippen LogP contribution in [0.25, 0.3) is 0 Å². The molecule has 0 aliphatic heterocycles. The summed E-state index contributed by atoms with van der Waals surface area (Å²) >= 11 is 0. The van der Waals surface area contributed by atoms with Gasteiger partial charge >= 0.3 is 8.80 Å². The molecule has 106 valence electrons. The lowest BCUT2D eigenvalue weighted by molar-refractivity contribution is 0.0589. The number of hydrogen-bond donors (Lipinski definition) is 0. The summed E-state index contributed by atoms with van der Waals surface area (Å²) in [4.78, 5) is 0. The van der Waals surface area contributed by atoms with Crippen molar-refractivity contribution in [2.24, 2.45) is 0 Å². The van der Waals surface area contributed by atoms with Crippen LogP contribution in [0.3, 0.4) is 0 Å². The zero-order chi connectivity index (χ0) is 13.7. The molecule has 0 aromatic heterocycles. The van der Waals surface area contributed by atoms with E-state index in [2.05, 4.69) is 26.8 Å².